The highest BCUT2D eigenvalue weighted by Gasteiger charge is 2.13. The summed E-state index contributed by atoms with van der Waals surface area (Å²) < 4.78 is 4.61. The van der Waals surface area contributed by atoms with Crippen LogP contribution in [0.5, 0.6) is 0 Å². The Labute approximate surface area is 82.5 Å². The molecule has 0 unspecified atom stereocenters. The quantitative estimate of drug-likeness (QED) is 0.731. The third-order valence-electron chi connectivity index (χ3n) is 1.55. The Kier molecular flexibility index (Phi) is 3.39. The van der Waals surface area contributed by atoms with Crippen molar-refractivity contribution in [2.45, 2.75) is 19.9 Å². The minimum atomic E-state index is -0.414. The molecule has 0 radical (unpaired) electrons. The largest absolute Gasteiger partial charge is 0.465 e. The number of anilines is 1. The number of nitrogens with zero attached hydrogens (tertiary/aromatic N) is 2. The predicted octanol–water partition coefficient (Wildman–Crippen LogP) is 1.08. The van der Waals surface area contributed by atoms with Crippen LogP contribution in [0.15, 0.2) is 12.3 Å². The van der Waals surface area contributed by atoms with Crippen LogP contribution in [0.1, 0.15) is 24.2 Å². The standard InChI is InChI=1S/C9H13N3O2/c1-6(2)11-8-7(9(13)14-3)4-5-10-12-8/h4-6H,1-3H3,(H,11,12). The highest BCUT2D eigenvalue weighted by atomic mass is 16.5. The van der Waals surface area contributed by atoms with E-state index in [1.165, 1.54) is 13.3 Å². The summed E-state index contributed by atoms with van der Waals surface area (Å²) in [7, 11) is 1.34. The normalized spacial score (nSPS) is 10.0. The molecule has 0 amide bonds. The van der Waals surface area contributed by atoms with Gasteiger partial charge in [0.1, 0.15) is 5.56 Å². The van der Waals surface area contributed by atoms with Crippen LogP contribution < -0.4 is 5.32 Å². The summed E-state index contributed by atoms with van der Waals surface area (Å²) >= 11 is 0. The van der Waals surface area contributed by atoms with Gasteiger partial charge in [-0.15, -0.1) is 5.10 Å². The van der Waals surface area contributed by atoms with Crippen molar-refractivity contribution in [3.63, 3.8) is 0 Å². The van der Waals surface area contributed by atoms with Gasteiger partial charge in [0.2, 0.25) is 0 Å². The van der Waals surface area contributed by atoms with Crippen molar-refractivity contribution < 1.29 is 9.53 Å². The van der Waals surface area contributed by atoms with E-state index in [2.05, 4.69) is 20.3 Å². The maximum atomic E-state index is 11.3. The number of carbonyl (C=O) groups excluding carboxylic acids is 1. The zero-order valence-corrected chi connectivity index (χ0v) is 8.44. The highest BCUT2D eigenvalue weighted by molar-refractivity contribution is 5.94. The molecule has 0 fully saturated rings. The number of methoxy groups -OCH3 is 1. The first-order valence-electron chi connectivity index (χ1n) is 4.31. The zero-order chi connectivity index (χ0) is 10.6. The third kappa shape index (κ3) is 2.42. The smallest absolute Gasteiger partial charge is 0.341 e. The topological polar surface area (TPSA) is 64.1 Å². The van der Waals surface area contributed by atoms with Gasteiger partial charge in [0, 0.05) is 6.04 Å². The van der Waals surface area contributed by atoms with Gasteiger partial charge in [0.05, 0.1) is 13.3 Å². The maximum absolute atomic E-state index is 11.3. The van der Waals surface area contributed by atoms with Gasteiger partial charge in [-0.05, 0) is 19.9 Å². The van der Waals surface area contributed by atoms with E-state index in [4.69, 9.17) is 0 Å². The number of ether oxygens (including phenoxy) is 1. The van der Waals surface area contributed by atoms with Crippen molar-refractivity contribution in [2.75, 3.05) is 12.4 Å². The van der Waals surface area contributed by atoms with E-state index >= 15 is 0 Å². The van der Waals surface area contributed by atoms with Crippen LogP contribution in [0.2, 0.25) is 0 Å². The Hall–Kier alpha value is -1.65. The van der Waals surface area contributed by atoms with E-state index in [-0.39, 0.29) is 6.04 Å². The van der Waals surface area contributed by atoms with Gasteiger partial charge in [-0.1, -0.05) is 0 Å². The van der Waals surface area contributed by atoms with Crippen LogP contribution in [-0.2, 0) is 4.74 Å². The number of hydrogen-bond acceptors (Lipinski definition) is 5. The summed E-state index contributed by atoms with van der Waals surface area (Å²) in [6.07, 6.45) is 1.46. The summed E-state index contributed by atoms with van der Waals surface area (Å²) in [4.78, 5) is 11.3. The van der Waals surface area contributed by atoms with E-state index in [0.717, 1.165) is 0 Å². The van der Waals surface area contributed by atoms with Gasteiger partial charge >= 0.3 is 5.97 Å². The van der Waals surface area contributed by atoms with Gasteiger partial charge < -0.3 is 10.1 Å². The molecule has 1 aromatic rings. The van der Waals surface area contributed by atoms with Crippen LogP contribution in [0, 0.1) is 0 Å². The molecule has 0 saturated heterocycles. The Balaban J connectivity index is 2.97. The van der Waals surface area contributed by atoms with Gasteiger partial charge in [0.15, 0.2) is 5.82 Å². The molecule has 0 bridgehead atoms. The Morgan fingerprint density at radius 3 is 2.86 bits per heavy atom. The molecule has 0 aliphatic carbocycles. The Morgan fingerprint density at radius 1 is 1.57 bits per heavy atom. The van der Waals surface area contributed by atoms with Crippen molar-refractivity contribution in [3.8, 4) is 0 Å². The summed E-state index contributed by atoms with van der Waals surface area (Å²) in [5.41, 5.74) is 0.399. The van der Waals surface area contributed by atoms with Crippen LogP contribution in [-0.4, -0.2) is 29.3 Å². The number of hydrogen-bond donors (Lipinski definition) is 1. The van der Waals surface area contributed by atoms with E-state index in [1.807, 2.05) is 13.8 Å². The molecule has 76 valence electrons. The fraction of sp³-hybridized carbons (Fsp3) is 0.444. The molecule has 1 heterocycles. The minimum Gasteiger partial charge on any atom is -0.465 e. The number of rotatable bonds is 3. The lowest BCUT2D eigenvalue weighted by Gasteiger charge is -2.10. The maximum Gasteiger partial charge on any atom is 0.341 e. The summed E-state index contributed by atoms with van der Waals surface area (Å²) in [6.45, 7) is 3.91. The Morgan fingerprint density at radius 2 is 2.29 bits per heavy atom. The molecule has 14 heavy (non-hydrogen) atoms. The lowest BCUT2D eigenvalue weighted by atomic mass is 10.2. The SMILES string of the molecule is COC(=O)c1ccnnc1NC(C)C. The molecule has 5 nitrogen and oxygen atoms in total. The molecular formula is C9H13N3O2. The van der Waals surface area contributed by atoms with Crippen molar-refractivity contribution in [1.82, 2.24) is 10.2 Å². The molecule has 1 N–H and O–H groups in total. The average Bonchev–Trinajstić information content (AvgIpc) is 2.16. The first kappa shape index (κ1) is 10.4. The van der Waals surface area contributed by atoms with E-state index in [0.29, 0.717) is 11.4 Å². The lowest BCUT2D eigenvalue weighted by Crippen LogP contribution is -2.16. The molecule has 0 spiro atoms. The molecule has 1 rings (SSSR count). The summed E-state index contributed by atoms with van der Waals surface area (Å²) in [5.74, 6) is 0.0393. The molecule has 0 atom stereocenters. The van der Waals surface area contributed by atoms with Gasteiger partial charge in [0.25, 0.3) is 0 Å². The highest BCUT2D eigenvalue weighted by Crippen LogP contribution is 2.12. The fourth-order valence-electron chi connectivity index (χ4n) is 0.986. The lowest BCUT2D eigenvalue weighted by molar-refractivity contribution is 0.0601. The second-order valence-corrected chi connectivity index (χ2v) is 3.08. The Bertz CT molecular complexity index is 326. The van der Waals surface area contributed by atoms with Gasteiger partial charge in [-0.3, -0.25) is 0 Å². The number of esters is 1. The van der Waals surface area contributed by atoms with Crippen molar-refractivity contribution >= 4 is 11.8 Å². The molecule has 0 saturated carbocycles. The monoisotopic (exact) mass is 195 g/mol. The van der Waals surface area contributed by atoms with Crippen molar-refractivity contribution in [2.24, 2.45) is 0 Å². The molecular weight excluding hydrogens is 182 g/mol. The van der Waals surface area contributed by atoms with Crippen molar-refractivity contribution in [1.29, 1.82) is 0 Å². The molecule has 0 aliphatic heterocycles. The number of carbonyl (C=O) groups is 1. The van der Waals surface area contributed by atoms with Crippen molar-refractivity contribution in [3.05, 3.63) is 17.8 Å². The van der Waals surface area contributed by atoms with Gasteiger partial charge in [-0.2, -0.15) is 5.10 Å². The summed E-state index contributed by atoms with van der Waals surface area (Å²) in [6, 6.07) is 1.76. The zero-order valence-electron chi connectivity index (χ0n) is 8.44. The first-order valence-corrected chi connectivity index (χ1v) is 4.31. The van der Waals surface area contributed by atoms with Crippen LogP contribution in [0.4, 0.5) is 5.82 Å². The number of aromatic nitrogens is 2. The summed E-state index contributed by atoms with van der Waals surface area (Å²) in [5, 5.41) is 10.5. The third-order valence-corrected chi connectivity index (χ3v) is 1.55. The average molecular weight is 195 g/mol. The molecule has 0 aliphatic rings. The van der Waals surface area contributed by atoms with Gasteiger partial charge in [-0.25, -0.2) is 4.79 Å². The van der Waals surface area contributed by atoms with E-state index in [1.54, 1.807) is 6.07 Å². The second kappa shape index (κ2) is 4.55. The second-order valence-electron chi connectivity index (χ2n) is 3.08. The molecule has 0 aromatic carbocycles. The predicted molar refractivity (Wildman–Crippen MR) is 52.1 cm³/mol. The van der Waals surface area contributed by atoms with Crippen LogP contribution in [0.25, 0.3) is 0 Å². The molecule has 1 aromatic heterocycles. The minimum absolute atomic E-state index is 0.190. The van der Waals surface area contributed by atoms with E-state index in [9.17, 15) is 4.79 Å². The molecule has 5 heteroatoms. The number of nitrogens with one attached hydrogen (secondary N) is 1. The van der Waals surface area contributed by atoms with E-state index < -0.39 is 5.97 Å². The first-order chi connectivity index (χ1) is 6.65. The van der Waals surface area contributed by atoms with Crippen LogP contribution >= 0.6 is 0 Å². The fourth-order valence-corrected chi connectivity index (χ4v) is 0.986. The van der Waals surface area contributed by atoms with Crippen LogP contribution in [0.3, 0.4) is 0 Å².